The van der Waals surface area contributed by atoms with Gasteiger partial charge >= 0.3 is 0 Å². The Labute approximate surface area is 120 Å². The molecule has 0 unspecified atom stereocenters. The molecule has 108 valence electrons. The second-order valence-electron chi connectivity index (χ2n) is 4.52. The topological polar surface area (TPSA) is 73.6 Å². The van der Waals surface area contributed by atoms with E-state index >= 15 is 0 Å². The van der Waals surface area contributed by atoms with Crippen LogP contribution in [0.4, 0.5) is 15.8 Å². The lowest BCUT2D eigenvalue weighted by Crippen LogP contribution is -2.20. The molecule has 1 aliphatic rings. The van der Waals surface area contributed by atoms with Gasteiger partial charge in [-0.15, -0.1) is 0 Å². The molecule has 0 spiro atoms. The number of nitrogens with two attached hydrogens (primary N) is 1. The molecule has 3 rings (SSSR count). The first-order valence-corrected chi connectivity index (χ1v) is 6.40. The zero-order valence-corrected chi connectivity index (χ0v) is 11.1. The van der Waals surface area contributed by atoms with Crippen LogP contribution in [0.25, 0.3) is 0 Å². The number of amides is 1. The molecule has 5 nitrogen and oxygen atoms in total. The number of anilines is 2. The highest BCUT2D eigenvalue weighted by molar-refractivity contribution is 6.06. The van der Waals surface area contributed by atoms with Crippen LogP contribution in [0.1, 0.15) is 10.4 Å². The van der Waals surface area contributed by atoms with Crippen molar-refractivity contribution in [3.05, 3.63) is 47.8 Å². The first kappa shape index (κ1) is 13.2. The van der Waals surface area contributed by atoms with E-state index in [4.69, 9.17) is 15.2 Å². The van der Waals surface area contributed by atoms with Crippen LogP contribution in [-0.4, -0.2) is 19.1 Å². The molecule has 0 saturated heterocycles. The maximum Gasteiger partial charge on any atom is 0.259 e. The van der Waals surface area contributed by atoms with Crippen LogP contribution >= 0.6 is 0 Å². The summed E-state index contributed by atoms with van der Waals surface area (Å²) in [6.45, 7) is 0.804. The Hall–Kier alpha value is -2.76. The molecule has 3 N–H and O–H groups in total. The number of hydrogen-bond acceptors (Lipinski definition) is 4. The Morgan fingerprint density at radius 1 is 1.19 bits per heavy atom. The second kappa shape index (κ2) is 5.32. The summed E-state index contributed by atoms with van der Waals surface area (Å²) in [5, 5.41) is 2.50. The average Bonchev–Trinajstić information content (AvgIpc) is 2.49. The molecule has 21 heavy (non-hydrogen) atoms. The lowest BCUT2D eigenvalue weighted by Gasteiger charge is -2.20. The maximum atomic E-state index is 13.7. The molecule has 1 amide bonds. The van der Waals surface area contributed by atoms with Crippen molar-refractivity contribution in [2.75, 3.05) is 24.3 Å². The highest BCUT2D eigenvalue weighted by Gasteiger charge is 2.21. The third-order valence-corrected chi connectivity index (χ3v) is 3.05. The van der Waals surface area contributed by atoms with E-state index in [0.29, 0.717) is 36.0 Å². The Balaban J connectivity index is 1.89. The van der Waals surface area contributed by atoms with Gasteiger partial charge in [0.2, 0.25) is 0 Å². The van der Waals surface area contributed by atoms with Crippen LogP contribution < -0.4 is 20.5 Å². The average molecular weight is 288 g/mol. The summed E-state index contributed by atoms with van der Waals surface area (Å²) in [5.74, 6) is -0.185. The first-order chi connectivity index (χ1) is 10.1. The number of para-hydroxylation sites is 1. The molecule has 6 heteroatoms. The van der Waals surface area contributed by atoms with E-state index in [1.807, 2.05) is 0 Å². The van der Waals surface area contributed by atoms with Crippen molar-refractivity contribution in [1.82, 2.24) is 0 Å². The van der Waals surface area contributed by atoms with Crippen LogP contribution in [-0.2, 0) is 0 Å². The number of rotatable bonds is 2. The summed E-state index contributed by atoms with van der Waals surface area (Å²) in [7, 11) is 0. The number of nitrogen functional groups attached to an aromatic ring is 1. The number of nitrogens with one attached hydrogen (secondary N) is 1. The van der Waals surface area contributed by atoms with Gasteiger partial charge < -0.3 is 20.5 Å². The van der Waals surface area contributed by atoms with Gasteiger partial charge in [-0.2, -0.15) is 0 Å². The molecule has 2 aromatic carbocycles. The van der Waals surface area contributed by atoms with E-state index in [2.05, 4.69) is 5.32 Å². The summed E-state index contributed by atoms with van der Waals surface area (Å²) >= 11 is 0. The van der Waals surface area contributed by atoms with Crippen LogP contribution in [0.5, 0.6) is 11.5 Å². The molecular weight excluding hydrogens is 275 g/mol. The predicted octanol–water partition coefficient (Wildman–Crippen LogP) is 2.43. The standard InChI is InChI=1S/C15H13FN2O3/c16-11-8-9(17)4-5-12(11)18-15(19)10-2-1-3-13-14(10)21-7-6-20-13/h1-5,8H,6-7,17H2,(H,18,19). The fourth-order valence-electron chi connectivity index (χ4n) is 2.07. The van der Waals surface area contributed by atoms with Crippen molar-refractivity contribution in [3.8, 4) is 11.5 Å². The van der Waals surface area contributed by atoms with Crippen LogP contribution in [0.3, 0.4) is 0 Å². The molecule has 0 aromatic heterocycles. The molecule has 0 saturated carbocycles. The van der Waals surface area contributed by atoms with Gasteiger partial charge in [-0.05, 0) is 30.3 Å². The SMILES string of the molecule is Nc1ccc(NC(=O)c2cccc3c2OCCO3)c(F)c1. The minimum Gasteiger partial charge on any atom is -0.486 e. The van der Waals surface area contributed by atoms with Crippen molar-refractivity contribution in [2.45, 2.75) is 0 Å². The van der Waals surface area contributed by atoms with Gasteiger partial charge in [-0.25, -0.2) is 4.39 Å². The summed E-state index contributed by atoms with van der Waals surface area (Å²) < 4.78 is 24.6. The van der Waals surface area contributed by atoms with Crippen molar-refractivity contribution in [1.29, 1.82) is 0 Å². The number of halogens is 1. The third kappa shape index (κ3) is 2.60. The minimum absolute atomic E-state index is 0.0588. The third-order valence-electron chi connectivity index (χ3n) is 3.05. The summed E-state index contributed by atoms with van der Waals surface area (Å²) in [4.78, 5) is 12.3. The molecule has 0 bridgehead atoms. The van der Waals surface area contributed by atoms with Crippen LogP contribution in [0.15, 0.2) is 36.4 Å². The lowest BCUT2D eigenvalue weighted by molar-refractivity contribution is 0.101. The highest BCUT2D eigenvalue weighted by Crippen LogP contribution is 2.34. The van der Waals surface area contributed by atoms with E-state index in [9.17, 15) is 9.18 Å². The van der Waals surface area contributed by atoms with E-state index in [1.165, 1.54) is 12.1 Å². The number of fused-ring (bicyclic) bond motifs is 1. The maximum absolute atomic E-state index is 13.7. The molecule has 2 aromatic rings. The van der Waals surface area contributed by atoms with E-state index in [1.54, 1.807) is 18.2 Å². The Morgan fingerprint density at radius 2 is 2.00 bits per heavy atom. The quantitative estimate of drug-likeness (QED) is 0.832. The normalized spacial score (nSPS) is 12.8. The zero-order valence-electron chi connectivity index (χ0n) is 11.1. The molecule has 0 fully saturated rings. The highest BCUT2D eigenvalue weighted by atomic mass is 19.1. The van der Waals surface area contributed by atoms with Crippen LogP contribution in [0.2, 0.25) is 0 Å². The minimum atomic E-state index is -0.592. The largest absolute Gasteiger partial charge is 0.486 e. The van der Waals surface area contributed by atoms with Gasteiger partial charge in [-0.1, -0.05) is 6.07 Å². The van der Waals surface area contributed by atoms with Crippen molar-refractivity contribution >= 4 is 17.3 Å². The fraction of sp³-hybridized carbons (Fsp3) is 0.133. The van der Waals surface area contributed by atoms with Gasteiger partial charge in [0, 0.05) is 5.69 Å². The fourth-order valence-corrected chi connectivity index (χ4v) is 2.07. The van der Waals surface area contributed by atoms with Gasteiger partial charge in [0.25, 0.3) is 5.91 Å². The monoisotopic (exact) mass is 288 g/mol. The smallest absolute Gasteiger partial charge is 0.259 e. The molecule has 0 radical (unpaired) electrons. The van der Waals surface area contributed by atoms with E-state index in [-0.39, 0.29) is 5.69 Å². The molecular formula is C15H13FN2O3. The van der Waals surface area contributed by atoms with Gasteiger partial charge in [0.05, 0.1) is 11.3 Å². The molecule has 0 aliphatic carbocycles. The Kier molecular flexibility index (Phi) is 3.35. The van der Waals surface area contributed by atoms with Crippen molar-refractivity contribution in [2.24, 2.45) is 0 Å². The zero-order chi connectivity index (χ0) is 14.8. The summed E-state index contributed by atoms with van der Waals surface area (Å²) in [6, 6.07) is 9.07. The number of ether oxygens (including phenoxy) is 2. The Morgan fingerprint density at radius 3 is 2.81 bits per heavy atom. The van der Waals surface area contributed by atoms with Gasteiger partial charge in [-0.3, -0.25) is 4.79 Å². The van der Waals surface area contributed by atoms with Gasteiger partial charge in [0.1, 0.15) is 19.0 Å². The summed E-state index contributed by atoms with van der Waals surface area (Å²) in [5.41, 5.74) is 6.12. The predicted molar refractivity (Wildman–Crippen MR) is 76.2 cm³/mol. The van der Waals surface area contributed by atoms with E-state index < -0.39 is 11.7 Å². The number of hydrogen-bond donors (Lipinski definition) is 2. The molecule has 1 aliphatic heterocycles. The second-order valence-corrected chi connectivity index (χ2v) is 4.52. The van der Waals surface area contributed by atoms with Gasteiger partial charge in [0.15, 0.2) is 11.5 Å². The number of carbonyl (C=O) groups excluding carboxylic acids is 1. The van der Waals surface area contributed by atoms with E-state index in [0.717, 1.165) is 6.07 Å². The number of benzene rings is 2. The lowest BCUT2D eigenvalue weighted by atomic mass is 10.1. The first-order valence-electron chi connectivity index (χ1n) is 6.40. The number of carbonyl (C=O) groups is 1. The molecule has 0 atom stereocenters. The van der Waals surface area contributed by atoms with Crippen molar-refractivity contribution in [3.63, 3.8) is 0 Å². The van der Waals surface area contributed by atoms with Crippen molar-refractivity contribution < 1.29 is 18.7 Å². The molecule has 1 heterocycles. The Bertz CT molecular complexity index is 703. The van der Waals surface area contributed by atoms with Crippen LogP contribution in [0, 0.1) is 5.82 Å². The summed E-state index contributed by atoms with van der Waals surface area (Å²) in [6.07, 6.45) is 0.